The summed E-state index contributed by atoms with van der Waals surface area (Å²) in [6, 6.07) is 0. The molecule has 416 valence electrons. The van der Waals surface area contributed by atoms with Gasteiger partial charge >= 0.3 is 17.9 Å². The molecule has 0 N–H and O–H groups in total. The normalized spacial score (nSPS) is 12.9. The van der Waals surface area contributed by atoms with E-state index in [0.717, 1.165) is 122 Å². The first-order chi connectivity index (χ1) is 36.0. The van der Waals surface area contributed by atoms with Crippen LogP contribution in [0.5, 0.6) is 0 Å². The molecule has 0 aromatic rings. The van der Waals surface area contributed by atoms with Crippen LogP contribution in [0.1, 0.15) is 278 Å². The average Bonchev–Trinajstić information content (AvgIpc) is 3.39. The number of esters is 3. The minimum absolute atomic E-state index is 0.0866. The molecular formula is C67H112O6. The highest BCUT2D eigenvalue weighted by molar-refractivity contribution is 5.71. The van der Waals surface area contributed by atoms with E-state index in [0.29, 0.717) is 19.3 Å². The van der Waals surface area contributed by atoms with Crippen molar-refractivity contribution in [2.75, 3.05) is 13.2 Å². The number of hydrogen-bond acceptors (Lipinski definition) is 6. The van der Waals surface area contributed by atoms with E-state index in [2.05, 4.69) is 130 Å². The third-order valence-corrected chi connectivity index (χ3v) is 12.8. The summed E-state index contributed by atoms with van der Waals surface area (Å²) in [4.78, 5) is 38.0. The van der Waals surface area contributed by atoms with Gasteiger partial charge in [-0.05, 0) is 89.9 Å². The zero-order valence-corrected chi connectivity index (χ0v) is 47.6. The fourth-order valence-corrected chi connectivity index (χ4v) is 8.26. The largest absolute Gasteiger partial charge is 0.462 e. The Bertz CT molecular complexity index is 1490. The van der Waals surface area contributed by atoms with E-state index >= 15 is 0 Å². The van der Waals surface area contributed by atoms with Crippen molar-refractivity contribution < 1.29 is 28.6 Å². The summed E-state index contributed by atoms with van der Waals surface area (Å²) in [5, 5.41) is 0. The van der Waals surface area contributed by atoms with E-state index < -0.39 is 6.10 Å². The Morgan fingerprint density at radius 1 is 0.288 bits per heavy atom. The summed E-state index contributed by atoms with van der Waals surface area (Å²) in [6.07, 6.45) is 82.5. The monoisotopic (exact) mass is 1010 g/mol. The molecule has 0 radical (unpaired) electrons. The molecule has 0 aromatic carbocycles. The van der Waals surface area contributed by atoms with Crippen molar-refractivity contribution in [2.45, 2.75) is 284 Å². The van der Waals surface area contributed by atoms with Crippen LogP contribution in [0.4, 0.5) is 0 Å². The molecule has 0 amide bonds. The maximum atomic E-state index is 12.8. The smallest absolute Gasteiger partial charge is 0.306 e. The van der Waals surface area contributed by atoms with E-state index in [1.807, 2.05) is 0 Å². The van der Waals surface area contributed by atoms with Gasteiger partial charge in [-0.15, -0.1) is 0 Å². The van der Waals surface area contributed by atoms with Gasteiger partial charge in [0.1, 0.15) is 13.2 Å². The van der Waals surface area contributed by atoms with E-state index in [1.54, 1.807) is 0 Å². The quantitative estimate of drug-likeness (QED) is 0.0261. The second kappa shape index (κ2) is 60.6. The predicted octanol–water partition coefficient (Wildman–Crippen LogP) is 20.7. The summed E-state index contributed by atoms with van der Waals surface area (Å²) in [7, 11) is 0. The zero-order valence-electron chi connectivity index (χ0n) is 47.6. The molecule has 0 aliphatic carbocycles. The first kappa shape index (κ1) is 69.1. The molecule has 0 saturated heterocycles. The van der Waals surface area contributed by atoms with Gasteiger partial charge in [0, 0.05) is 19.3 Å². The number of ether oxygens (including phenoxy) is 3. The molecule has 6 heteroatoms. The number of hydrogen-bond donors (Lipinski definition) is 0. The van der Waals surface area contributed by atoms with Crippen LogP contribution in [-0.2, 0) is 28.6 Å². The molecule has 0 aliphatic rings. The lowest BCUT2D eigenvalue weighted by atomic mass is 10.0. The van der Waals surface area contributed by atoms with Crippen LogP contribution < -0.4 is 0 Å². The number of rotatable bonds is 54. The van der Waals surface area contributed by atoms with Gasteiger partial charge in [-0.1, -0.05) is 278 Å². The third-order valence-electron chi connectivity index (χ3n) is 12.8. The standard InChI is InChI=1S/C67H112O6/c1-4-7-10-13-16-18-20-22-24-26-27-28-29-30-31-32-33-34-35-36-37-38-39-41-42-44-46-48-51-54-57-60-66(69)72-63-64(62-71-65(68)59-56-53-50-15-12-9-6-3)73-67(70)61-58-55-52-49-47-45-43-40-25-23-21-19-17-14-11-8-5-2/h7,10,16,18,22,24,27-28,30-31,33-34,36-37,39,41,44,46,64H,4-6,8-9,11-15,17,19-21,23,25-26,29,32,35,38,40,42-43,45,47-63H2,1-3H3/b10-7-,18-16-,24-22-,28-27-,31-30-,34-33-,37-36-,41-39-,46-44-. The van der Waals surface area contributed by atoms with Crippen LogP contribution in [0, 0.1) is 0 Å². The van der Waals surface area contributed by atoms with Crippen molar-refractivity contribution in [3.8, 4) is 0 Å². The second-order valence-electron chi connectivity index (χ2n) is 19.9. The van der Waals surface area contributed by atoms with Crippen molar-refractivity contribution in [3.63, 3.8) is 0 Å². The fourth-order valence-electron chi connectivity index (χ4n) is 8.26. The van der Waals surface area contributed by atoms with Gasteiger partial charge in [0.25, 0.3) is 0 Å². The van der Waals surface area contributed by atoms with Crippen molar-refractivity contribution in [3.05, 3.63) is 109 Å². The fraction of sp³-hybridized carbons (Fsp3) is 0.687. The molecule has 0 aromatic heterocycles. The molecule has 0 spiro atoms. The Hall–Kier alpha value is -3.93. The van der Waals surface area contributed by atoms with Crippen molar-refractivity contribution in [2.24, 2.45) is 0 Å². The summed E-state index contributed by atoms with van der Waals surface area (Å²) in [6.45, 7) is 6.47. The van der Waals surface area contributed by atoms with E-state index in [1.165, 1.54) is 116 Å². The molecule has 73 heavy (non-hydrogen) atoms. The Labute approximate surface area is 450 Å². The first-order valence-corrected chi connectivity index (χ1v) is 30.4. The Morgan fingerprint density at radius 3 is 0.836 bits per heavy atom. The number of carbonyl (C=O) groups is 3. The number of unbranched alkanes of at least 4 members (excludes halogenated alkanes) is 25. The lowest BCUT2D eigenvalue weighted by molar-refractivity contribution is -0.167. The molecule has 1 atom stereocenters. The van der Waals surface area contributed by atoms with Gasteiger partial charge < -0.3 is 14.2 Å². The Morgan fingerprint density at radius 2 is 0.534 bits per heavy atom. The third kappa shape index (κ3) is 58.8. The highest BCUT2D eigenvalue weighted by Crippen LogP contribution is 2.16. The molecule has 0 bridgehead atoms. The van der Waals surface area contributed by atoms with Gasteiger partial charge in [-0.3, -0.25) is 14.4 Å². The lowest BCUT2D eigenvalue weighted by Crippen LogP contribution is -2.30. The molecule has 0 saturated carbocycles. The molecule has 0 rings (SSSR count). The van der Waals surface area contributed by atoms with Gasteiger partial charge in [-0.2, -0.15) is 0 Å². The van der Waals surface area contributed by atoms with Crippen LogP contribution in [0.3, 0.4) is 0 Å². The topological polar surface area (TPSA) is 78.9 Å². The van der Waals surface area contributed by atoms with Gasteiger partial charge in [0.05, 0.1) is 0 Å². The Kier molecular flexibility index (Phi) is 57.4. The average molecular weight is 1010 g/mol. The minimum atomic E-state index is -0.788. The SMILES string of the molecule is CC/C=C\C/C=C\C/C=C\C/C=C\C/C=C\C/C=C\C/C=C\C/C=C\C/C=C\CCCCCC(=O)OCC(COC(=O)CCCCCCCCC)OC(=O)CCCCCCCCCCCCCCCCCCC. The van der Waals surface area contributed by atoms with Crippen molar-refractivity contribution in [1.29, 1.82) is 0 Å². The Balaban J connectivity index is 4.23. The number of carbonyl (C=O) groups excluding carboxylic acids is 3. The first-order valence-electron chi connectivity index (χ1n) is 30.4. The van der Waals surface area contributed by atoms with Crippen LogP contribution in [-0.4, -0.2) is 37.2 Å². The molecule has 0 fully saturated rings. The highest BCUT2D eigenvalue weighted by atomic mass is 16.6. The van der Waals surface area contributed by atoms with Gasteiger partial charge in [0.2, 0.25) is 0 Å². The summed E-state index contributed by atoms with van der Waals surface area (Å²) < 4.78 is 16.8. The predicted molar refractivity (Wildman–Crippen MR) is 316 cm³/mol. The van der Waals surface area contributed by atoms with Crippen LogP contribution >= 0.6 is 0 Å². The van der Waals surface area contributed by atoms with Crippen LogP contribution in [0.2, 0.25) is 0 Å². The molecular weight excluding hydrogens is 901 g/mol. The van der Waals surface area contributed by atoms with Crippen molar-refractivity contribution >= 4 is 17.9 Å². The molecule has 0 heterocycles. The molecule has 6 nitrogen and oxygen atoms in total. The lowest BCUT2D eigenvalue weighted by Gasteiger charge is -2.18. The summed E-state index contributed by atoms with van der Waals surface area (Å²) >= 11 is 0. The van der Waals surface area contributed by atoms with Gasteiger partial charge in [-0.25, -0.2) is 0 Å². The van der Waals surface area contributed by atoms with E-state index in [4.69, 9.17) is 14.2 Å². The minimum Gasteiger partial charge on any atom is -0.462 e. The maximum Gasteiger partial charge on any atom is 0.306 e. The van der Waals surface area contributed by atoms with Crippen LogP contribution in [0.15, 0.2) is 109 Å². The maximum absolute atomic E-state index is 12.8. The van der Waals surface area contributed by atoms with Crippen molar-refractivity contribution in [1.82, 2.24) is 0 Å². The van der Waals surface area contributed by atoms with E-state index in [-0.39, 0.29) is 31.1 Å². The van der Waals surface area contributed by atoms with Crippen LogP contribution in [0.25, 0.3) is 0 Å². The zero-order chi connectivity index (χ0) is 52.9. The summed E-state index contributed by atoms with van der Waals surface area (Å²) in [5.74, 6) is -0.923. The van der Waals surface area contributed by atoms with E-state index in [9.17, 15) is 14.4 Å². The highest BCUT2D eigenvalue weighted by Gasteiger charge is 2.19. The van der Waals surface area contributed by atoms with Gasteiger partial charge in [0.15, 0.2) is 6.10 Å². The summed E-state index contributed by atoms with van der Waals surface area (Å²) in [5.41, 5.74) is 0. The number of allylic oxidation sites excluding steroid dienone is 18. The molecule has 0 aliphatic heterocycles. The molecule has 1 unspecified atom stereocenters. The second-order valence-corrected chi connectivity index (χ2v) is 19.9.